The number of nitrogens with one attached hydrogen (secondary N) is 1. The van der Waals surface area contributed by atoms with Gasteiger partial charge in [0.1, 0.15) is 11.3 Å². The number of aryl methyl sites for hydroxylation is 2. The van der Waals surface area contributed by atoms with Crippen LogP contribution in [0.1, 0.15) is 45.6 Å². The number of nitriles is 1. The van der Waals surface area contributed by atoms with Gasteiger partial charge in [-0.2, -0.15) is 5.26 Å². The maximum Gasteiger partial charge on any atom is 0.256 e. The number of hydrogen-bond acceptors (Lipinski definition) is 5. The van der Waals surface area contributed by atoms with Gasteiger partial charge < -0.3 is 4.42 Å². The van der Waals surface area contributed by atoms with Crippen LogP contribution in [0.5, 0.6) is 0 Å². The number of rotatable bonds is 6. The first-order valence-corrected chi connectivity index (χ1v) is 7.43. The zero-order valence-corrected chi connectivity index (χ0v) is 13.4. The lowest BCUT2D eigenvalue weighted by Crippen LogP contribution is -2.46. The summed E-state index contributed by atoms with van der Waals surface area (Å²) in [6, 6.07) is 2.65. The van der Waals surface area contributed by atoms with E-state index in [2.05, 4.69) is 23.3 Å². The van der Waals surface area contributed by atoms with Crippen molar-refractivity contribution in [1.29, 1.82) is 5.26 Å². The molecule has 2 unspecified atom stereocenters. The fourth-order valence-corrected chi connectivity index (χ4v) is 3.18. The zero-order valence-electron chi connectivity index (χ0n) is 12.6. The van der Waals surface area contributed by atoms with Gasteiger partial charge in [-0.1, -0.05) is 18.7 Å². The Kier molecular flexibility index (Phi) is 5.45. The van der Waals surface area contributed by atoms with E-state index < -0.39 is 5.54 Å². The van der Waals surface area contributed by atoms with Gasteiger partial charge in [0.25, 0.3) is 5.22 Å². The monoisotopic (exact) mass is 281 g/mol. The Balaban J connectivity index is 2.63. The van der Waals surface area contributed by atoms with Gasteiger partial charge in [-0.25, -0.2) is 4.98 Å². The Morgan fingerprint density at radius 2 is 2.05 bits per heavy atom. The Bertz CT molecular complexity index is 444. The maximum atomic E-state index is 9.34. The molecule has 0 bridgehead atoms. The average Bonchev–Trinajstić information content (AvgIpc) is 2.56. The molecule has 0 aliphatic heterocycles. The first-order chi connectivity index (χ1) is 8.75. The zero-order chi connectivity index (χ0) is 14.6. The summed E-state index contributed by atoms with van der Waals surface area (Å²) in [6.07, 6.45) is 0.743. The van der Waals surface area contributed by atoms with E-state index in [1.165, 1.54) is 0 Å². The van der Waals surface area contributed by atoms with Crippen molar-refractivity contribution in [3.63, 3.8) is 0 Å². The molecule has 0 spiro atoms. The fourth-order valence-electron chi connectivity index (χ4n) is 2.06. The third-order valence-corrected chi connectivity index (χ3v) is 3.81. The summed E-state index contributed by atoms with van der Waals surface area (Å²) in [6.45, 7) is 12.0. The smallest absolute Gasteiger partial charge is 0.256 e. The van der Waals surface area contributed by atoms with E-state index >= 15 is 0 Å². The minimum atomic E-state index is -0.517. The van der Waals surface area contributed by atoms with Crippen molar-refractivity contribution >= 4 is 11.8 Å². The molecule has 1 aromatic rings. The molecule has 19 heavy (non-hydrogen) atoms. The van der Waals surface area contributed by atoms with Crippen LogP contribution >= 0.6 is 11.8 Å². The van der Waals surface area contributed by atoms with E-state index in [1.807, 2.05) is 34.6 Å². The summed E-state index contributed by atoms with van der Waals surface area (Å²) in [5.74, 6) is 0.859. The van der Waals surface area contributed by atoms with Crippen molar-refractivity contribution in [2.24, 2.45) is 0 Å². The lowest BCUT2D eigenvalue weighted by Gasteiger charge is -2.28. The lowest BCUT2D eigenvalue weighted by molar-refractivity contribution is 0.380. The second-order valence-electron chi connectivity index (χ2n) is 5.50. The number of hydrogen-bond donors (Lipinski definition) is 1. The van der Waals surface area contributed by atoms with Crippen molar-refractivity contribution in [1.82, 2.24) is 10.3 Å². The Morgan fingerprint density at radius 3 is 2.47 bits per heavy atom. The van der Waals surface area contributed by atoms with Crippen LogP contribution in [0.25, 0.3) is 0 Å². The fraction of sp³-hybridized carbons (Fsp3) is 0.714. The van der Waals surface area contributed by atoms with Crippen molar-refractivity contribution in [3.8, 4) is 6.07 Å². The standard InChI is InChI=1S/C14H23N3OS/c1-9(2)17-14(6,8-15)7-10(3)19-13-16-11(4)12(5)18-13/h9-10,17H,7H2,1-6H3. The van der Waals surface area contributed by atoms with E-state index in [9.17, 15) is 5.26 Å². The van der Waals surface area contributed by atoms with Crippen LogP contribution in [0.15, 0.2) is 9.64 Å². The first kappa shape index (κ1) is 16.1. The van der Waals surface area contributed by atoms with Gasteiger partial charge in [0.15, 0.2) is 0 Å². The van der Waals surface area contributed by atoms with Crippen molar-refractivity contribution in [2.45, 2.75) is 70.0 Å². The largest absolute Gasteiger partial charge is 0.437 e. The summed E-state index contributed by atoms with van der Waals surface area (Å²) in [5.41, 5.74) is 0.412. The maximum absolute atomic E-state index is 9.34. The SMILES string of the molecule is Cc1nc(SC(C)CC(C)(C#N)NC(C)C)oc1C. The van der Waals surface area contributed by atoms with Gasteiger partial charge in [-0.05, 0) is 41.0 Å². The molecule has 4 nitrogen and oxygen atoms in total. The van der Waals surface area contributed by atoms with Gasteiger partial charge in [0, 0.05) is 11.3 Å². The molecule has 0 saturated heterocycles. The van der Waals surface area contributed by atoms with Crippen molar-refractivity contribution in [2.75, 3.05) is 0 Å². The Hall–Kier alpha value is -0.990. The Morgan fingerprint density at radius 1 is 1.42 bits per heavy atom. The quantitative estimate of drug-likeness (QED) is 0.809. The predicted molar refractivity (Wildman–Crippen MR) is 78.2 cm³/mol. The highest BCUT2D eigenvalue weighted by Crippen LogP contribution is 2.29. The number of thioether (sulfide) groups is 1. The molecule has 0 fully saturated rings. The third-order valence-electron chi connectivity index (χ3n) is 2.86. The molecule has 0 aliphatic carbocycles. The van der Waals surface area contributed by atoms with Crippen LogP contribution in [-0.2, 0) is 0 Å². The van der Waals surface area contributed by atoms with Gasteiger partial charge in [0.05, 0.1) is 11.8 Å². The normalized spacial score (nSPS) is 16.1. The lowest BCUT2D eigenvalue weighted by atomic mass is 9.97. The highest BCUT2D eigenvalue weighted by molar-refractivity contribution is 7.99. The van der Waals surface area contributed by atoms with E-state index in [0.29, 0.717) is 5.22 Å². The Labute approximate surface area is 120 Å². The van der Waals surface area contributed by atoms with E-state index in [0.717, 1.165) is 17.9 Å². The van der Waals surface area contributed by atoms with Gasteiger partial charge in [-0.15, -0.1) is 0 Å². The van der Waals surface area contributed by atoms with E-state index in [1.54, 1.807) is 11.8 Å². The molecule has 0 aromatic carbocycles. The third kappa shape index (κ3) is 4.88. The summed E-state index contributed by atoms with van der Waals surface area (Å²) >= 11 is 1.58. The molecular weight excluding hydrogens is 258 g/mol. The topological polar surface area (TPSA) is 61.9 Å². The summed E-state index contributed by atoms with van der Waals surface area (Å²) in [7, 11) is 0. The van der Waals surface area contributed by atoms with Crippen molar-refractivity contribution in [3.05, 3.63) is 11.5 Å². The number of oxazole rings is 1. The first-order valence-electron chi connectivity index (χ1n) is 6.55. The molecular formula is C14H23N3OS. The molecule has 1 rings (SSSR count). The minimum absolute atomic E-state index is 0.258. The highest BCUT2D eigenvalue weighted by Gasteiger charge is 2.28. The number of aromatic nitrogens is 1. The second-order valence-corrected chi connectivity index (χ2v) is 6.89. The van der Waals surface area contributed by atoms with Crippen LogP contribution in [-0.4, -0.2) is 21.8 Å². The number of nitrogens with zero attached hydrogens (tertiary/aromatic N) is 2. The van der Waals surface area contributed by atoms with E-state index in [-0.39, 0.29) is 11.3 Å². The summed E-state index contributed by atoms with van der Waals surface area (Å²) in [5, 5.41) is 13.6. The van der Waals surface area contributed by atoms with Gasteiger partial charge in [0.2, 0.25) is 0 Å². The molecule has 106 valence electrons. The molecule has 0 radical (unpaired) electrons. The van der Waals surface area contributed by atoms with E-state index in [4.69, 9.17) is 4.42 Å². The van der Waals surface area contributed by atoms with Crippen LogP contribution < -0.4 is 5.32 Å². The summed E-state index contributed by atoms with van der Waals surface area (Å²) < 4.78 is 5.56. The molecule has 0 amide bonds. The van der Waals surface area contributed by atoms with Crippen LogP contribution in [0.3, 0.4) is 0 Å². The second kappa shape index (κ2) is 6.44. The molecule has 5 heteroatoms. The van der Waals surface area contributed by atoms with Crippen LogP contribution in [0.4, 0.5) is 0 Å². The van der Waals surface area contributed by atoms with Gasteiger partial charge >= 0.3 is 0 Å². The minimum Gasteiger partial charge on any atom is -0.437 e. The predicted octanol–water partition coefficient (Wildman–Crippen LogP) is 3.44. The molecule has 0 saturated carbocycles. The molecule has 1 N–H and O–H groups in total. The summed E-state index contributed by atoms with van der Waals surface area (Å²) in [4.78, 5) is 4.36. The molecule has 0 aliphatic rings. The van der Waals surface area contributed by atoms with Crippen LogP contribution in [0, 0.1) is 25.2 Å². The average molecular weight is 281 g/mol. The molecule has 1 heterocycles. The molecule has 1 aromatic heterocycles. The highest BCUT2D eigenvalue weighted by atomic mass is 32.2. The van der Waals surface area contributed by atoms with Gasteiger partial charge in [-0.3, -0.25) is 5.32 Å². The van der Waals surface area contributed by atoms with Crippen molar-refractivity contribution < 1.29 is 4.42 Å². The van der Waals surface area contributed by atoms with Crippen LogP contribution in [0.2, 0.25) is 0 Å². The molecule has 2 atom stereocenters.